The first-order valence-electron chi connectivity index (χ1n) is 9.67. The predicted octanol–water partition coefficient (Wildman–Crippen LogP) is 4.13. The lowest BCUT2D eigenvalue weighted by Crippen LogP contribution is -2.23. The Morgan fingerprint density at radius 2 is 1.67 bits per heavy atom. The third-order valence-corrected chi connectivity index (χ3v) is 4.37. The van der Waals surface area contributed by atoms with Gasteiger partial charge in [0.2, 0.25) is 0 Å². The van der Waals surface area contributed by atoms with Crippen LogP contribution in [0.5, 0.6) is 11.5 Å². The van der Waals surface area contributed by atoms with Gasteiger partial charge in [0.1, 0.15) is 0 Å². The van der Waals surface area contributed by atoms with Crippen LogP contribution in [0.3, 0.4) is 0 Å². The number of benzene rings is 1. The van der Waals surface area contributed by atoms with Crippen molar-refractivity contribution >= 4 is 12.0 Å². The topological polar surface area (TPSA) is 64.6 Å². The molecule has 6 nitrogen and oxygen atoms in total. The molecule has 154 valence electrons. The van der Waals surface area contributed by atoms with Crippen molar-refractivity contribution in [2.75, 3.05) is 13.7 Å². The number of esters is 1. The molecule has 3 aromatic rings. The fraction of sp³-hybridized carbons (Fsp3) is 0.208. The van der Waals surface area contributed by atoms with Gasteiger partial charge in [-0.3, -0.25) is 19.7 Å². The highest BCUT2D eigenvalue weighted by Crippen LogP contribution is 2.28. The van der Waals surface area contributed by atoms with Crippen LogP contribution in [0.1, 0.15) is 23.6 Å². The Balaban J connectivity index is 1.71. The van der Waals surface area contributed by atoms with Crippen LogP contribution in [-0.2, 0) is 17.9 Å². The van der Waals surface area contributed by atoms with E-state index >= 15 is 0 Å². The fourth-order valence-electron chi connectivity index (χ4n) is 3.05. The number of hydrogen-bond donors (Lipinski definition) is 0. The Morgan fingerprint density at radius 3 is 2.20 bits per heavy atom. The summed E-state index contributed by atoms with van der Waals surface area (Å²) < 4.78 is 10.5. The lowest BCUT2D eigenvalue weighted by molar-refractivity contribution is -0.132. The van der Waals surface area contributed by atoms with Crippen LogP contribution in [0.25, 0.3) is 6.08 Å². The molecule has 0 unspecified atom stereocenters. The smallest absolute Gasteiger partial charge is 0.308 e. The lowest BCUT2D eigenvalue weighted by atomic mass is 10.1. The van der Waals surface area contributed by atoms with Crippen LogP contribution in [0.2, 0.25) is 0 Å². The van der Waals surface area contributed by atoms with Crippen molar-refractivity contribution in [2.45, 2.75) is 20.0 Å². The van der Waals surface area contributed by atoms with Gasteiger partial charge in [-0.25, -0.2) is 0 Å². The number of pyridine rings is 2. The van der Waals surface area contributed by atoms with E-state index in [0.29, 0.717) is 11.5 Å². The van der Waals surface area contributed by atoms with Crippen molar-refractivity contribution in [2.24, 2.45) is 0 Å². The maximum Gasteiger partial charge on any atom is 0.308 e. The zero-order valence-corrected chi connectivity index (χ0v) is 17.2. The summed E-state index contributed by atoms with van der Waals surface area (Å²) in [6, 6.07) is 13.5. The highest BCUT2D eigenvalue weighted by molar-refractivity contribution is 5.71. The molecule has 0 spiro atoms. The second kappa shape index (κ2) is 10.9. The highest BCUT2D eigenvalue weighted by atomic mass is 16.6. The van der Waals surface area contributed by atoms with Crippen molar-refractivity contribution in [3.8, 4) is 11.5 Å². The lowest BCUT2D eigenvalue weighted by Gasteiger charge is -2.20. The van der Waals surface area contributed by atoms with Gasteiger partial charge in [0.25, 0.3) is 0 Å². The zero-order valence-electron chi connectivity index (χ0n) is 17.2. The molecule has 2 heterocycles. The summed E-state index contributed by atoms with van der Waals surface area (Å²) in [5, 5.41) is 0. The van der Waals surface area contributed by atoms with Gasteiger partial charge in [-0.2, -0.15) is 0 Å². The van der Waals surface area contributed by atoms with E-state index in [1.165, 1.54) is 6.92 Å². The van der Waals surface area contributed by atoms with Crippen LogP contribution in [0, 0.1) is 0 Å². The van der Waals surface area contributed by atoms with Gasteiger partial charge in [-0.05, 0) is 41.0 Å². The van der Waals surface area contributed by atoms with E-state index in [-0.39, 0.29) is 5.97 Å². The average molecular weight is 403 g/mol. The van der Waals surface area contributed by atoms with Crippen LogP contribution in [-0.4, -0.2) is 34.5 Å². The van der Waals surface area contributed by atoms with Crippen molar-refractivity contribution < 1.29 is 14.3 Å². The predicted molar refractivity (Wildman–Crippen MR) is 116 cm³/mol. The first kappa shape index (κ1) is 21.2. The van der Waals surface area contributed by atoms with Crippen LogP contribution < -0.4 is 9.47 Å². The number of rotatable bonds is 9. The average Bonchev–Trinajstić information content (AvgIpc) is 2.75. The number of aromatic nitrogens is 2. The second-order valence-electron chi connectivity index (χ2n) is 6.80. The molecule has 0 aliphatic rings. The molecule has 0 bridgehead atoms. The van der Waals surface area contributed by atoms with Crippen molar-refractivity contribution in [3.05, 3.63) is 90.0 Å². The molecule has 1 aromatic carbocycles. The number of ether oxygens (including phenoxy) is 2. The minimum atomic E-state index is -0.377. The Bertz CT molecular complexity index is 934. The monoisotopic (exact) mass is 403 g/mol. The summed E-state index contributed by atoms with van der Waals surface area (Å²) in [7, 11) is 1.55. The van der Waals surface area contributed by atoms with E-state index < -0.39 is 0 Å². The molecule has 0 saturated carbocycles. The summed E-state index contributed by atoms with van der Waals surface area (Å²) in [5.41, 5.74) is 3.27. The Labute approximate surface area is 176 Å². The molecule has 0 N–H and O–H groups in total. The molecule has 0 radical (unpaired) electrons. The molecule has 0 amide bonds. The molecule has 0 aliphatic heterocycles. The van der Waals surface area contributed by atoms with Gasteiger partial charge >= 0.3 is 5.97 Å². The largest absolute Gasteiger partial charge is 0.493 e. The maximum absolute atomic E-state index is 11.2. The van der Waals surface area contributed by atoms with E-state index in [4.69, 9.17) is 9.47 Å². The third-order valence-electron chi connectivity index (χ3n) is 4.37. The molecule has 0 atom stereocenters. The summed E-state index contributed by atoms with van der Waals surface area (Å²) in [6.45, 7) is 3.67. The first-order chi connectivity index (χ1) is 14.6. The van der Waals surface area contributed by atoms with Crippen LogP contribution >= 0.6 is 0 Å². The molecule has 6 heteroatoms. The number of carbonyl (C=O) groups excluding carboxylic acids is 1. The summed E-state index contributed by atoms with van der Waals surface area (Å²) in [4.78, 5) is 21.9. The molecule has 2 aromatic heterocycles. The van der Waals surface area contributed by atoms with E-state index in [0.717, 1.165) is 36.3 Å². The van der Waals surface area contributed by atoms with Crippen molar-refractivity contribution in [3.63, 3.8) is 0 Å². The Hall–Kier alpha value is -3.51. The zero-order chi connectivity index (χ0) is 21.2. The Morgan fingerprint density at radius 1 is 1.00 bits per heavy atom. The second-order valence-corrected chi connectivity index (χ2v) is 6.80. The van der Waals surface area contributed by atoms with Gasteiger partial charge in [-0.15, -0.1) is 0 Å². The highest BCUT2D eigenvalue weighted by Gasteiger charge is 2.08. The standard InChI is InChI=1S/C24H25N3O3/c1-19(28)30-23-10-9-20(14-24(23)29-2)8-5-13-27(17-21-6-3-11-25-15-21)18-22-7-4-12-26-16-22/h3-12,14-16H,13,17-18H2,1-2H3. The van der Waals surface area contributed by atoms with Gasteiger partial charge in [0.05, 0.1) is 7.11 Å². The van der Waals surface area contributed by atoms with Crippen molar-refractivity contribution in [1.82, 2.24) is 14.9 Å². The van der Waals surface area contributed by atoms with Crippen molar-refractivity contribution in [1.29, 1.82) is 0 Å². The molecular formula is C24H25N3O3. The number of hydrogen-bond acceptors (Lipinski definition) is 6. The quantitative estimate of drug-likeness (QED) is 0.395. The molecule has 30 heavy (non-hydrogen) atoms. The summed E-state index contributed by atoms with van der Waals surface area (Å²) in [6.07, 6.45) is 11.5. The molecule has 0 fully saturated rings. The number of methoxy groups -OCH3 is 1. The first-order valence-corrected chi connectivity index (χ1v) is 9.67. The van der Waals surface area contributed by atoms with E-state index in [1.54, 1.807) is 25.6 Å². The van der Waals surface area contributed by atoms with Crippen LogP contribution in [0.15, 0.2) is 73.3 Å². The SMILES string of the molecule is COc1cc(C=CCN(Cc2cccnc2)Cc2cccnc2)ccc1OC(C)=O. The number of nitrogens with zero attached hydrogens (tertiary/aromatic N) is 3. The van der Waals surface area contributed by atoms with Gasteiger partial charge < -0.3 is 9.47 Å². The summed E-state index contributed by atoms with van der Waals surface area (Å²) in [5.74, 6) is 0.560. The third kappa shape index (κ3) is 6.53. The Kier molecular flexibility index (Phi) is 7.69. The van der Waals surface area contributed by atoms with E-state index in [2.05, 4.69) is 33.1 Å². The molecule has 0 aliphatic carbocycles. The minimum Gasteiger partial charge on any atom is -0.493 e. The normalized spacial score (nSPS) is 11.0. The van der Waals surface area contributed by atoms with Gasteiger partial charge in [0, 0.05) is 51.3 Å². The summed E-state index contributed by atoms with van der Waals surface area (Å²) >= 11 is 0. The van der Waals surface area contributed by atoms with Gasteiger partial charge in [0.15, 0.2) is 11.5 Å². The number of carbonyl (C=O) groups is 1. The van der Waals surface area contributed by atoms with Crippen LogP contribution in [0.4, 0.5) is 0 Å². The molecular weight excluding hydrogens is 378 g/mol. The van der Waals surface area contributed by atoms with E-state index in [9.17, 15) is 4.79 Å². The van der Waals surface area contributed by atoms with E-state index in [1.807, 2.05) is 42.7 Å². The minimum absolute atomic E-state index is 0.377. The molecule has 3 rings (SSSR count). The fourth-order valence-corrected chi connectivity index (χ4v) is 3.05. The maximum atomic E-state index is 11.2. The van der Waals surface area contributed by atoms with Gasteiger partial charge in [-0.1, -0.05) is 30.4 Å². The molecule has 0 saturated heterocycles.